The first-order valence-electron chi connectivity index (χ1n) is 7.49. The highest BCUT2D eigenvalue weighted by Gasteiger charge is 2.26. The van der Waals surface area contributed by atoms with E-state index in [9.17, 15) is 18.0 Å². The Morgan fingerprint density at radius 2 is 2.00 bits per heavy atom. The van der Waals surface area contributed by atoms with Gasteiger partial charge in [-0.2, -0.15) is 0 Å². The van der Waals surface area contributed by atoms with E-state index in [2.05, 4.69) is 5.32 Å². The van der Waals surface area contributed by atoms with Crippen LogP contribution in [0.1, 0.15) is 19.8 Å². The highest BCUT2D eigenvalue weighted by Crippen LogP contribution is 2.18. The number of carbonyl (C=O) groups excluding carboxylic acids is 2. The molecule has 132 valence electrons. The van der Waals surface area contributed by atoms with Crippen molar-refractivity contribution in [3.8, 4) is 0 Å². The van der Waals surface area contributed by atoms with E-state index in [1.54, 1.807) is 0 Å². The van der Waals surface area contributed by atoms with Gasteiger partial charge in [-0.05, 0) is 38.0 Å². The van der Waals surface area contributed by atoms with Crippen molar-refractivity contribution in [3.05, 3.63) is 24.3 Å². The molecule has 1 amide bonds. The van der Waals surface area contributed by atoms with Crippen LogP contribution < -0.4 is 10.5 Å². The third kappa shape index (κ3) is 5.02. The molecule has 0 aliphatic carbocycles. The van der Waals surface area contributed by atoms with Crippen LogP contribution in [0.25, 0.3) is 0 Å². The first-order chi connectivity index (χ1) is 11.3. The number of hydrogen-bond donors (Lipinski definition) is 2. The zero-order valence-electron chi connectivity index (χ0n) is 13.2. The number of nitrogens with two attached hydrogens (primary N) is 1. The van der Waals surface area contributed by atoms with E-state index in [0.717, 1.165) is 0 Å². The van der Waals surface area contributed by atoms with Gasteiger partial charge in [-0.25, -0.2) is 13.6 Å². The van der Waals surface area contributed by atoms with Crippen molar-refractivity contribution < 1.29 is 27.5 Å². The van der Waals surface area contributed by atoms with Crippen LogP contribution in [0.15, 0.2) is 29.2 Å². The molecule has 0 aromatic heterocycles. The molecule has 1 heterocycles. The fourth-order valence-electron chi connectivity index (χ4n) is 2.25. The Kier molecular flexibility index (Phi) is 5.92. The molecule has 0 saturated carbocycles. The zero-order valence-corrected chi connectivity index (χ0v) is 14.0. The smallest absolute Gasteiger partial charge is 0.309 e. The summed E-state index contributed by atoms with van der Waals surface area (Å²) in [6, 6.07) is 5.52. The number of rotatable bonds is 5. The number of hydrogen-bond acceptors (Lipinski definition) is 6. The monoisotopic (exact) mass is 356 g/mol. The van der Waals surface area contributed by atoms with Crippen molar-refractivity contribution >= 4 is 27.6 Å². The predicted molar refractivity (Wildman–Crippen MR) is 85.5 cm³/mol. The Morgan fingerprint density at radius 1 is 1.33 bits per heavy atom. The third-order valence-corrected chi connectivity index (χ3v) is 4.56. The topological polar surface area (TPSA) is 125 Å². The minimum atomic E-state index is -3.86. The summed E-state index contributed by atoms with van der Waals surface area (Å²) in [6.07, 6.45) is 0.145. The quantitative estimate of drug-likeness (QED) is 0.746. The molecule has 1 fully saturated rings. The average Bonchev–Trinajstić information content (AvgIpc) is 2.55. The zero-order chi connectivity index (χ0) is 17.7. The molecule has 0 bridgehead atoms. The van der Waals surface area contributed by atoms with Crippen LogP contribution in [0.3, 0.4) is 0 Å². The van der Waals surface area contributed by atoms with E-state index in [1.807, 2.05) is 0 Å². The average molecular weight is 356 g/mol. The van der Waals surface area contributed by atoms with Gasteiger partial charge in [0, 0.05) is 18.9 Å². The van der Waals surface area contributed by atoms with Crippen LogP contribution in [0.5, 0.6) is 0 Å². The van der Waals surface area contributed by atoms with Gasteiger partial charge in [0.2, 0.25) is 10.0 Å². The molecule has 1 aliphatic rings. The lowest BCUT2D eigenvalue weighted by atomic mass is 10.0. The molecule has 0 spiro atoms. The third-order valence-electron chi connectivity index (χ3n) is 3.65. The van der Waals surface area contributed by atoms with E-state index in [-0.39, 0.29) is 16.5 Å². The normalized spacial score (nSPS) is 17.1. The van der Waals surface area contributed by atoms with E-state index in [4.69, 9.17) is 14.6 Å². The second-order valence-corrected chi connectivity index (χ2v) is 7.09. The summed E-state index contributed by atoms with van der Waals surface area (Å²) >= 11 is 0. The minimum Gasteiger partial charge on any atom is -0.452 e. The van der Waals surface area contributed by atoms with Crippen LogP contribution in [0.4, 0.5) is 5.69 Å². The molecule has 1 unspecified atom stereocenters. The van der Waals surface area contributed by atoms with Gasteiger partial charge in [-0.1, -0.05) is 6.07 Å². The lowest BCUT2D eigenvalue weighted by Crippen LogP contribution is -2.34. The van der Waals surface area contributed by atoms with Gasteiger partial charge in [0.1, 0.15) is 0 Å². The first kappa shape index (κ1) is 18.4. The number of sulfonamides is 1. The maximum absolute atomic E-state index is 12.1. The Morgan fingerprint density at radius 3 is 2.62 bits per heavy atom. The minimum absolute atomic E-state index is 0.118. The predicted octanol–water partition coefficient (Wildman–Crippen LogP) is 0.631. The molecule has 1 saturated heterocycles. The number of carbonyl (C=O) groups is 2. The van der Waals surface area contributed by atoms with Crippen LogP contribution in [0, 0.1) is 5.92 Å². The number of amides is 1. The Hall–Kier alpha value is -1.97. The van der Waals surface area contributed by atoms with E-state index in [1.165, 1.54) is 31.2 Å². The van der Waals surface area contributed by atoms with Gasteiger partial charge in [0.15, 0.2) is 6.10 Å². The largest absolute Gasteiger partial charge is 0.452 e. The second kappa shape index (κ2) is 7.73. The summed E-state index contributed by atoms with van der Waals surface area (Å²) < 4.78 is 33.0. The van der Waals surface area contributed by atoms with E-state index in [0.29, 0.717) is 26.1 Å². The lowest BCUT2D eigenvalue weighted by Gasteiger charge is -2.22. The van der Waals surface area contributed by atoms with E-state index >= 15 is 0 Å². The second-order valence-electron chi connectivity index (χ2n) is 5.53. The van der Waals surface area contributed by atoms with E-state index < -0.39 is 28.0 Å². The maximum Gasteiger partial charge on any atom is 0.309 e. The lowest BCUT2D eigenvalue weighted by molar-refractivity contribution is -0.160. The van der Waals surface area contributed by atoms with Crippen molar-refractivity contribution in [3.63, 3.8) is 0 Å². The summed E-state index contributed by atoms with van der Waals surface area (Å²) in [5, 5.41) is 7.55. The SMILES string of the molecule is CC(OC(=O)C1CCOCC1)C(=O)Nc1cccc(S(N)(=O)=O)c1. The van der Waals surface area contributed by atoms with Gasteiger partial charge in [0.05, 0.1) is 10.8 Å². The summed E-state index contributed by atoms with van der Waals surface area (Å²) in [7, 11) is -3.86. The molecule has 1 aliphatic heterocycles. The molecule has 3 N–H and O–H groups in total. The molecule has 1 aromatic rings. The molecule has 0 radical (unpaired) electrons. The molecule has 24 heavy (non-hydrogen) atoms. The van der Waals surface area contributed by atoms with Crippen LogP contribution >= 0.6 is 0 Å². The number of esters is 1. The number of anilines is 1. The van der Waals surface area contributed by atoms with Crippen molar-refractivity contribution in [1.82, 2.24) is 0 Å². The molecule has 2 rings (SSSR count). The number of nitrogens with one attached hydrogen (secondary N) is 1. The maximum atomic E-state index is 12.1. The van der Waals surface area contributed by atoms with Crippen molar-refractivity contribution in [2.45, 2.75) is 30.8 Å². The number of primary sulfonamides is 1. The van der Waals surface area contributed by atoms with Crippen molar-refractivity contribution in [1.29, 1.82) is 0 Å². The highest BCUT2D eigenvalue weighted by molar-refractivity contribution is 7.89. The summed E-state index contributed by atoms with van der Waals surface area (Å²) in [6.45, 7) is 2.46. The van der Waals surface area contributed by atoms with Gasteiger partial charge < -0.3 is 14.8 Å². The number of ether oxygens (including phenoxy) is 2. The van der Waals surface area contributed by atoms with Gasteiger partial charge in [-0.15, -0.1) is 0 Å². The highest BCUT2D eigenvalue weighted by atomic mass is 32.2. The Bertz CT molecular complexity index is 712. The summed E-state index contributed by atoms with van der Waals surface area (Å²) in [4.78, 5) is 24.0. The Balaban J connectivity index is 1.95. The molecular weight excluding hydrogens is 336 g/mol. The standard InChI is InChI=1S/C15H20N2O6S/c1-10(23-15(19)11-5-7-22-8-6-11)14(18)17-12-3-2-4-13(9-12)24(16,20)21/h2-4,9-11H,5-8H2,1H3,(H,17,18)(H2,16,20,21). The fraction of sp³-hybridized carbons (Fsp3) is 0.467. The van der Waals surface area contributed by atoms with Crippen LogP contribution in [0.2, 0.25) is 0 Å². The van der Waals surface area contributed by atoms with Crippen LogP contribution in [-0.4, -0.2) is 39.6 Å². The first-order valence-corrected chi connectivity index (χ1v) is 9.04. The molecule has 8 nitrogen and oxygen atoms in total. The van der Waals surface area contributed by atoms with Crippen molar-refractivity contribution in [2.24, 2.45) is 11.1 Å². The summed E-state index contributed by atoms with van der Waals surface area (Å²) in [5.41, 5.74) is 0.250. The Labute approximate surface area is 140 Å². The molecule has 1 aromatic carbocycles. The fourth-order valence-corrected chi connectivity index (χ4v) is 2.81. The summed E-state index contributed by atoms with van der Waals surface area (Å²) in [5.74, 6) is -1.25. The van der Waals surface area contributed by atoms with Gasteiger partial charge >= 0.3 is 5.97 Å². The van der Waals surface area contributed by atoms with Gasteiger partial charge in [-0.3, -0.25) is 9.59 Å². The molecule has 1 atom stereocenters. The molecule has 9 heteroatoms. The van der Waals surface area contributed by atoms with Crippen LogP contribution in [-0.2, 0) is 29.1 Å². The van der Waals surface area contributed by atoms with Gasteiger partial charge in [0.25, 0.3) is 5.91 Å². The molecular formula is C15H20N2O6S. The number of benzene rings is 1. The van der Waals surface area contributed by atoms with Crippen molar-refractivity contribution in [2.75, 3.05) is 18.5 Å².